The number of hydrogen-bond donors (Lipinski definition) is 4. The molecule has 0 aliphatic carbocycles. The van der Waals surface area contributed by atoms with Crippen molar-refractivity contribution < 1.29 is 19.1 Å². The molecule has 0 radical (unpaired) electrons. The van der Waals surface area contributed by atoms with Crippen LogP contribution in [0.5, 0.6) is 5.75 Å². The molecule has 2 aromatic carbocycles. The van der Waals surface area contributed by atoms with Gasteiger partial charge in [-0.15, -0.1) is 11.3 Å². The minimum Gasteiger partial charge on any atom is -0.495 e. The maximum Gasteiger partial charge on any atom is 0.323 e. The molecule has 0 saturated heterocycles. The van der Waals surface area contributed by atoms with Crippen LogP contribution >= 0.6 is 22.9 Å². The van der Waals surface area contributed by atoms with E-state index in [4.69, 9.17) is 16.3 Å². The first kappa shape index (κ1) is 23.1. The van der Waals surface area contributed by atoms with E-state index in [9.17, 15) is 14.4 Å². The molecule has 4 N–H and O–H groups in total. The zero-order valence-corrected chi connectivity index (χ0v) is 18.7. The average molecular weight is 473 g/mol. The lowest BCUT2D eigenvalue weighted by molar-refractivity contribution is 0.0929. The van der Waals surface area contributed by atoms with Gasteiger partial charge in [0.2, 0.25) is 0 Å². The van der Waals surface area contributed by atoms with Gasteiger partial charge in [-0.05, 0) is 53.9 Å². The number of urea groups is 1. The number of benzene rings is 2. The molecule has 3 aromatic rings. The number of hydrogen-bond acceptors (Lipinski definition) is 5. The molecule has 0 bridgehead atoms. The molecule has 0 atom stereocenters. The van der Waals surface area contributed by atoms with Gasteiger partial charge in [-0.25, -0.2) is 4.79 Å². The highest BCUT2D eigenvalue weighted by molar-refractivity contribution is 7.12. The van der Waals surface area contributed by atoms with Crippen molar-refractivity contribution >= 4 is 52.2 Å². The van der Waals surface area contributed by atoms with E-state index in [2.05, 4.69) is 21.3 Å². The van der Waals surface area contributed by atoms with Crippen molar-refractivity contribution in [1.29, 1.82) is 0 Å². The Bertz CT molecular complexity index is 1090. The molecule has 0 saturated carbocycles. The summed E-state index contributed by atoms with van der Waals surface area (Å²) in [4.78, 5) is 37.0. The van der Waals surface area contributed by atoms with Crippen molar-refractivity contribution in [1.82, 2.24) is 10.6 Å². The number of halogens is 1. The summed E-state index contributed by atoms with van der Waals surface area (Å²) >= 11 is 7.32. The third-order valence-corrected chi connectivity index (χ3v) is 5.36. The summed E-state index contributed by atoms with van der Waals surface area (Å²) in [5.74, 6) is 0.0246. The molecule has 0 fully saturated rings. The Hall–Kier alpha value is -3.56. The normalized spacial score (nSPS) is 10.2. The van der Waals surface area contributed by atoms with Crippen molar-refractivity contribution in [3.63, 3.8) is 0 Å². The summed E-state index contributed by atoms with van der Waals surface area (Å²) in [6.07, 6.45) is 0. The second kappa shape index (κ2) is 11.2. The predicted molar refractivity (Wildman–Crippen MR) is 126 cm³/mol. The summed E-state index contributed by atoms with van der Waals surface area (Å²) in [6, 6.07) is 14.4. The monoisotopic (exact) mass is 472 g/mol. The summed E-state index contributed by atoms with van der Waals surface area (Å²) in [5, 5.41) is 13.1. The van der Waals surface area contributed by atoms with Crippen LogP contribution in [0.25, 0.3) is 0 Å². The van der Waals surface area contributed by atoms with Gasteiger partial charge in [0, 0.05) is 29.4 Å². The van der Waals surface area contributed by atoms with E-state index in [1.54, 1.807) is 54.6 Å². The third kappa shape index (κ3) is 6.47. The lowest BCUT2D eigenvalue weighted by atomic mass is 10.2. The summed E-state index contributed by atoms with van der Waals surface area (Å²) < 4.78 is 5.20. The van der Waals surface area contributed by atoms with E-state index in [1.807, 2.05) is 5.38 Å². The number of thiophene rings is 1. The van der Waals surface area contributed by atoms with Gasteiger partial charge in [-0.1, -0.05) is 17.7 Å². The van der Waals surface area contributed by atoms with Crippen LogP contribution in [0, 0.1) is 0 Å². The van der Waals surface area contributed by atoms with Crippen molar-refractivity contribution in [3.05, 3.63) is 75.4 Å². The van der Waals surface area contributed by atoms with Crippen LogP contribution in [0.4, 0.5) is 16.2 Å². The highest BCUT2D eigenvalue weighted by atomic mass is 35.5. The van der Waals surface area contributed by atoms with Crippen molar-refractivity contribution in [2.45, 2.75) is 0 Å². The quantitative estimate of drug-likeness (QED) is 0.368. The van der Waals surface area contributed by atoms with Crippen LogP contribution in [0.15, 0.2) is 60.0 Å². The Morgan fingerprint density at radius 3 is 2.31 bits per heavy atom. The van der Waals surface area contributed by atoms with Gasteiger partial charge < -0.3 is 26.0 Å². The topological polar surface area (TPSA) is 109 Å². The fourth-order valence-corrected chi connectivity index (χ4v) is 3.53. The molecular formula is C22H21ClN4O4S. The molecule has 0 aliphatic heterocycles. The largest absolute Gasteiger partial charge is 0.495 e. The first-order chi connectivity index (χ1) is 15.5. The Morgan fingerprint density at radius 1 is 0.938 bits per heavy atom. The van der Waals surface area contributed by atoms with Crippen molar-refractivity contribution in [3.8, 4) is 5.75 Å². The van der Waals surface area contributed by atoms with Crippen LogP contribution in [0.1, 0.15) is 20.0 Å². The minimum atomic E-state index is -0.482. The summed E-state index contributed by atoms with van der Waals surface area (Å²) in [7, 11) is 1.49. The van der Waals surface area contributed by atoms with Gasteiger partial charge in [0.1, 0.15) is 5.75 Å². The zero-order chi connectivity index (χ0) is 22.9. The molecule has 8 nitrogen and oxygen atoms in total. The Labute approximate surface area is 193 Å². The SMILES string of the molecule is COc1ccc(Cl)cc1NC(=O)Nc1ccc(C(=O)NCCNC(=O)c2cccs2)cc1. The number of rotatable bonds is 8. The van der Waals surface area contributed by atoms with Gasteiger partial charge >= 0.3 is 6.03 Å². The molecule has 166 valence electrons. The second-order valence-corrected chi connectivity index (χ2v) is 7.87. The standard InChI is InChI=1S/C22H21ClN4O4S/c1-31-18-9-6-15(23)13-17(18)27-22(30)26-16-7-4-14(5-8-16)20(28)24-10-11-25-21(29)19-3-2-12-32-19/h2-9,12-13H,10-11H2,1H3,(H,24,28)(H,25,29)(H2,26,27,30). The first-order valence-corrected chi connectivity index (χ1v) is 10.8. The van der Waals surface area contributed by atoms with Gasteiger partial charge in [0.15, 0.2) is 0 Å². The van der Waals surface area contributed by atoms with E-state index in [-0.39, 0.29) is 11.8 Å². The van der Waals surface area contributed by atoms with E-state index in [0.717, 1.165) is 0 Å². The fourth-order valence-electron chi connectivity index (χ4n) is 2.72. The second-order valence-electron chi connectivity index (χ2n) is 6.49. The fraction of sp³-hybridized carbons (Fsp3) is 0.136. The molecule has 1 aromatic heterocycles. The number of amides is 4. The van der Waals surface area contributed by atoms with Crippen molar-refractivity contribution in [2.24, 2.45) is 0 Å². The van der Waals surface area contributed by atoms with Gasteiger partial charge in [0.05, 0.1) is 17.7 Å². The molecule has 3 rings (SSSR count). The maximum absolute atomic E-state index is 12.3. The lowest BCUT2D eigenvalue weighted by Crippen LogP contribution is -2.34. The number of methoxy groups -OCH3 is 1. The third-order valence-electron chi connectivity index (χ3n) is 4.26. The van der Waals surface area contributed by atoms with Crippen LogP contribution in [0.3, 0.4) is 0 Å². The van der Waals surface area contributed by atoms with E-state index >= 15 is 0 Å². The van der Waals surface area contributed by atoms with Crippen LogP contribution < -0.4 is 26.0 Å². The molecule has 1 heterocycles. The Morgan fingerprint density at radius 2 is 1.66 bits per heavy atom. The predicted octanol–water partition coefficient (Wildman–Crippen LogP) is 4.21. The molecule has 0 spiro atoms. The molecule has 32 heavy (non-hydrogen) atoms. The minimum absolute atomic E-state index is 0.168. The van der Waals surface area contributed by atoms with Crippen LogP contribution in [-0.4, -0.2) is 38.0 Å². The molecular weight excluding hydrogens is 452 g/mol. The lowest BCUT2D eigenvalue weighted by Gasteiger charge is -2.12. The van der Waals surface area contributed by atoms with E-state index < -0.39 is 6.03 Å². The highest BCUT2D eigenvalue weighted by Gasteiger charge is 2.10. The van der Waals surface area contributed by atoms with E-state index in [1.165, 1.54) is 18.4 Å². The maximum atomic E-state index is 12.3. The smallest absolute Gasteiger partial charge is 0.323 e. The number of carbonyl (C=O) groups is 3. The number of ether oxygens (including phenoxy) is 1. The van der Waals surface area contributed by atoms with Crippen molar-refractivity contribution in [2.75, 3.05) is 30.8 Å². The van der Waals surface area contributed by atoms with Gasteiger partial charge in [-0.3, -0.25) is 9.59 Å². The Kier molecular flexibility index (Phi) is 8.07. The van der Waals surface area contributed by atoms with Crippen LogP contribution in [0.2, 0.25) is 5.02 Å². The first-order valence-electron chi connectivity index (χ1n) is 9.58. The van der Waals surface area contributed by atoms with Gasteiger partial charge in [0.25, 0.3) is 11.8 Å². The number of nitrogens with one attached hydrogen (secondary N) is 4. The molecule has 0 unspecified atom stereocenters. The number of anilines is 2. The zero-order valence-electron chi connectivity index (χ0n) is 17.1. The highest BCUT2D eigenvalue weighted by Crippen LogP contribution is 2.27. The molecule has 10 heteroatoms. The van der Waals surface area contributed by atoms with Gasteiger partial charge in [-0.2, -0.15) is 0 Å². The summed E-state index contributed by atoms with van der Waals surface area (Å²) in [6.45, 7) is 0.606. The Balaban J connectivity index is 1.46. The molecule has 4 amide bonds. The van der Waals surface area contributed by atoms with E-state index in [0.29, 0.717) is 45.7 Å². The molecule has 0 aliphatic rings. The summed E-state index contributed by atoms with van der Waals surface area (Å²) in [5.41, 5.74) is 1.36. The average Bonchev–Trinajstić information content (AvgIpc) is 3.32. The number of carbonyl (C=O) groups excluding carboxylic acids is 3. The van der Waals surface area contributed by atoms with Crippen LogP contribution in [-0.2, 0) is 0 Å².